The molecule has 0 saturated carbocycles. The largest absolute Gasteiger partial charge is 0.455 e. The summed E-state index contributed by atoms with van der Waals surface area (Å²) in [6, 6.07) is 3.30. The molecule has 2 aromatic rings. The average Bonchev–Trinajstić information content (AvgIpc) is 2.94. The standard InChI is InChI=1S/C11H11ClN2O2S/c1-7-6-17-10(14-7)5-13-11(15)9-3-2-8(4-12)16-9/h2-3,6H,4-5H2,1H3,(H,13,15). The maximum Gasteiger partial charge on any atom is 0.287 e. The lowest BCUT2D eigenvalue weighted by molar-refractivity contribution is 0.0921. The fourth-order valence-corrected chi connectivity index (χ4v) is 2.15. The molecule has 17 heavy (non-hydrogen) atoms. The number of rotatable bonds is 4. The highest BCUT2D eigenvalue weighted by atomic mass is 35.5. The van der Waals surface area contributed by atoms with Gasteiger partial charge in [0.2, 0.25) is 0 Å². The summed E-state index contributed by atoms with van der Waals surface area (Å²) in [7, 11) is 0. The topological polar surface area (TPSA) is 55.1 Å². The van der Waals surface area contributed by atoms with Gasteiger partial charge < -0.3 is 9.73 Å². The van der Waals surface area contributed by atoms with E-state index in [9.17, 15) is 4.79 Å². The van der Waals surface area contributed by atoms with E-state index in [1.807, 2.05) is 12.3 Å². The molecule has 4 nitrogen and oxygen atoms in total. The van der Waals surface area contributed by atoms with Crippen LogP contribution in [0.2, 0.25) is 0 Å². The first-order chi connectivity index (χ1) is 8.19. The van der Waals surface area contributed by atoms with Gasteiger partial charge in [-0.2, -0.15) is 0 Å². The molecule has 2 rings (SSSR count). The average molecular weight is 271 g/mol. The van der Waals surface area contributed by atoms with Gasteiger partial charge in [-0.05, 0) is 19.1 Å². The molecule has 0 radical (unpaired) electrons. The number of aromatic nitrogens is 1. The molecule has 0 aliphatic heterocycles. The minimum atomic E-state index is -0.255. The maximum absolute atomic E-state index is 11.7. The van der Waals surface area contributed by atoms with Crippen LogP contribution in [0, 0.1) is 6.92 Å². The quantitative estimate of drug-likeness (QED) is 0.869. The van der Waals surface area contributed by atoms with Crippen molar-refractivity contribution in [2.75, 3.05) is 0 Å². The van der Waals surface area contributed by atoms with Crippen LogP contribution in [-0.2, 0) is 12.4 Å². The second-order valence-corrected chi connectivity index (χ2v) is 4.67. The number of alkyl halides is 1. The molecule has 0 unspecified atom stereocenters. The van der Waals surface area contributed by atoms with Crippen LogP contribution in [0.5, 0.6) is 0 Å². The van der Waals surface area contributed by atoms with Crippen molar-refractivity contribution in [1.82, 2.24) is 10.3 Å². The Morgan fingerprint density at radius 1 is 1.59 bits per heavy atom. The Morgan fingerprint density at radius 3 is 3.00 bits per heavy atom. The van der Waals surface area contributed by atoms with E-state index >= 15 is 0 Å². The number of hydrogen-bond acceptors (Lipinski definition) is 4. The maximum atomic E-state index is 11.7. The highest BCUT2D eigenvalue weighted by Crippen LogP contribution is 2.11. The van der Waals surface area contributed by atoms with Crippen LogP contribution in [-0.4, -0.2) is 10.9 Å². The van der Waals surface area contributed by atoms with Crippen molar-refractivity contribution in [3.63, 3.8) is 0 Å². The van der Waals surface area contributed by atoms with Gasteiger partial charge in [-0.25, -0.2) is 4.98 Å². The summed E-state index contributed by atoms with van der Waals surface area (Å²) >= 11 is 7.11. The summed E-state index contributed by atoms with van der Waals surface area (Å²) in [4.78, 5) is 15.9. The molecule has 1 N–H and O–H groups in total. The summed E-state index contributed by atoms with van der Waals surface area (Å²) in [5, 5.41) is 5.56. The molecular formula is C11H11ClN2O2S. The van der Waals surface area contributed by atoms with Gasteiger partial charge in [-0.1, -0.05) is 0 Å². The summed E-state index contributed by atoms with van der Waals surface area (Å²) in [5.74, 6) is 0.865. The minimum absolute atomic E-state index is 0.255. The monoisotopic (exact) mass is 270 g/mol. The summed E-state index contributed by atoms with van der Waals surface area (Å²) < 4.78 is 5.23. The van der Waals surface area contributed by atoms with E-state index in [1.54, 1.807) is 12.1 Å². The van der Waals surface area contributed by atoms with Gasteiger partial charge in [0.1, 0.15) is 10.8 Å². The van der Waals surface area contributed by atoms with Crippen LogP contribution in [0.15, 0.2) is 21.9 Å². The van der Waals surface area contributed by atoms with Gasteiger partial charge in [-0.15, -0.1) is 22.9 Å². The number of hydrogen-bond donors (Lipinski definition) is 1. The van der Waals surface area contributed by atoms with Crippen molar-refractivity contribution in [1.29, 1.82) is 0 Å². The molecule has 90 valence electrons. The predicted molar refractivity (Wildman–Crippen MR) is 66.3 cm³/mol. The van der Waals surface area contributed by atoms with E-state index in [2.05, 4.69) is 10.3 Å². The van der Waals surface area contributed by atoms with Gasteiger partial charge >= 0.3 is 0 Å². The van der Waals surface area contributed by atoms with Crippen LogP contribution < -0.4 is 5.32 Å². The number of halogens is 1. The lowest BCUT2D eigenvalue weighted by Crippen LogP contribution is -2.22. The van der Waals surface area contributed by atoms with Gasteiger partial charge in [0.05, 0.1) is 12.4 Å². The fraction of sp³-hybridized carbons (Fsp3) is 0.273. The zero-order valence-corrected chi connectivity index (χ0v) is 10.8. The van der Waals surface area contributed by atoms with Crippen molar-refractivity contribution < 1.29 is 9.21 Å². The van der Waals surface area contributed by atoms with E-state index in [0.29, 0.717) is 12.3 Å². The third kappa shape index (κ3) is 3.08. The molecule has 1 amide bonds. The van der Waals surface area contributed by atoms with Crippen molar-refractivity contribution in [3.05, 3.63) is 39.7 Å². The van der Waals surface area contributed by atoms with Crippen molar-refractivity contribution in [2.45, 2.75) is 19.3 Å². The number of aryl methyl sites for hydroxylation is 1. The van der Waals surface area contributed by atoms with E-state index in [1.165, 1.54) is 11.3 Å². The first-order valence-electron chi connectivity index (χ1n) is 5.03. The number of amides is 1. The molecule has 6 heteroatoms. The Kier molecular flexibility index (Phi) is 3.81. The van der Waals surface area contributed by atoms with Gasteiger partial charge in [-0.3, -0.25) is 4.79 Å². The minimum Gasteiger partial charge on any atom is -0.455 e. The number of thiazole rings is 1. The molecular weight excluding hydrogens is 260 g/mol. The molecule has 0 aromatic carbocycles. The zero-order chi connectivity index (χ0) is 12.3. The molecule has 0 atom stereocenters. The van der Waals surface area contributed by atoms with Crippen molar-refractivity contribution >= 4 is 28.8 Å². The Morgan fingerprint density at radius 2 is 2.41 bits per heavy atom. The summed E-state index contributed by atoms with van der Waals surface area (Å²) in [6.45, 7) is 2.33. The van der Waals surface area contributed by atoms with Gasteiger partial charge in [0.15, 0.2) is 5.76 Å². The van der Waals surface area contributed by atoms with E-state index in [4.69, 9.17) is 16.0 Å². The molecule has 2 aromatic heterocycles. The summed E-state index contributed by atoms with van der Waals surface area (Å²) in [6.07, 6.45) is 0. The van der Waals surface area contributed by atoms with Crippen molar-refractivity contribution in [3.8, 4) is 0 Å². The number of carbonyl (C=O) groups excluding carboxylic acids is 1. The highest BCUT2D eigenvalue weighted by molar-refractivity contribution is 7.09. The highest BCUT2D eigenvalue weighted by Gasteiger charge is 2.11. The zero-order valence-electron chi connectivity index (χ0n) is 9.20. The molecule has 0 bridgehead atoms. The van der Waals surface area contributed by atoms with E-state index in [-0.39, 0.29) is 17.5 Å². The Hall–Kier alpha value is -1.33. The Bertz CT molecular complexity index is 521. The SMILES string of the molecule is Cc1csc(CNC(=O)c2ccc(CCl)o2)n1. The molecule has 0 fully saturated rings. The number of nitrogens with zero attached hydrogens (tertiary/aromatic N) is 1. The fourth-order valence-electron chi connectivity index (χ4n) is 1.30. The smallest absolute Gasteiger partial charge is 0.287 e. The van der Waals surface area contributed by atoms with Crippen LogP contribution in [0.1, 0.15) is 27.0 Å². The van der Waals surface area contributed by atoms with Crippen LogP contribution >= 0.6 is 22.9 Å². The lowest BCUT2D eigenvalue weighted by Gasteiger charge is -1.99. The third-order valence-electron chi connectivity index (χ3n) is 2.08. The van der Waals surface area contributed by atoms with Crippen LogP contribution in [0.25, 0.3) is 0 Å². The number of furan rings is 1. The Labute approximate surface area is 108 Å². The molecule has 0 saturated heterocycles. The molecule has 0 spiro atoms. The second-order valence-electron chi connectivity index (χ2n) is 3.46. The second kappa shape index (κ2) is 5.33. The molecule has 0 aliphatic carbocycles. The van der Waals surface area contributed by atoms with Crippen LogP contribution in [0.4, 0.5) is 0 Å². The van der Waals surface area contributed by atoms with Gasteiger partial charge in [0, 0.05) is 11.1 Å². The Balaban J connectivity index is 1.93. The first-order valence-corrected chi connectivity index (χ1v) is 6.44. The lowest BCUT2D eigenvalue weighted by atomic mass is 10.4. The number of carbonyl (C=O) groups is 1. The summed E-state index contributed by atoms with van der Waals surface area (Å²) in [5.41, 5.74) is 0.960. The van der Waals surface area contributed by atoms with Gasteiger partial charge in [0.25, 0.3) is 5.91 Å². The van der Waals surface area contributed by atoms with Crippen LogP contribution in [0.3, 0.4) is 0 Å². The van der Waals surface area contributed by atoms with E-state index in [0.717, 1.165) is 10.7 Å². The van der Waals surface area contributed by atoms with E-state index < -0.39 is 0 Å². The third-order valence-corrected chi connectivity index (χ3v) is 3.31. The van der Waals surface area contributed by atoms with Crippen molar-refractivity contribution in [2.24, 2.45) is 0 Å². The molecule has 2 heterocycles. The number of nitrogens with one attached hydrogen (secondary N) is 1. The first kappa shape index (κ1) is 12.1. The predicted octanol–water partition coefficient (Wildman–Crippen LogP) is 2.71. The normalized spacial score (nSPS) is 10.5. The molecule has 0 aliphatic rings.